The van der Waals surface area contributed by atoms with Crippen molar-refractivity contribution in [3.05, 3.63) is 23.4 Å². The van der Waals surface area contributed by atoms with E-state index in [1.54, 1.807) is 12.3 Å². The van der Waals surface area contributed by atoms with Crippen LogP contribution in [0.4, 0.5) is 5.82 Å². The van der Waals surface area contributed by atoms with Crippen LogP contribution in [0.5, 0.6) is 0 Å². The highest BCUT2D eigenvalue weighted by atomic mass is 16.1. The summed E-state index contributed by atoms with van der Waals surface area (Å²) >= 11 is 0. The zero-order chi connectivity index (χ0) is 9.14. The summed E-state index contributed by atoms with van der Waals surface area (Å²) in [7, 11) is 0. The van der Waals surface area contributed by atoms with Gasteiger partial charge >= 0.3 is 0 Å². The van der Waals surface area contributed by atoms with Crippen LogP contribution in [0.15, 0.2) is 12.3 Å². The van der Waals surface area contributed by atoms with Crippen LogP contribution in [0.2, 0.25) is 0 Å². The molecule has 1 aromatic heterocycles. The lowest BCUT2D eigenvalue weighted by molar-refractivity contribution is 0.0988. The van der Waals surface area contributed by atoms with Gasteiger partial charge in [0.05, 0.1) is 5.56 Å². The first kappa shape index (κ1) is 8.71. The molecule has 0 aliphatic carbocycles. The average molecular weight is 164 g/mol. The third kappa shape index (κ3) is 1.61. The van der Waals surface area contributed by atoms with E-state index in [0.717, 1.165) is 5.56 Å². The van der Waals surface area contributed by atoms with Gasteiger partial charge in [-0.15, -0.1) is 0 Å². The summed E-state index contributed by atoms with van der Waals surface area (Å²) in [4.78, 5) is 15.2. The monoisotopic (exact) mass is 164 g/mol. The number of aryl methyl sites for hydroxylation is 1. The maximum Gasteiger partial charge on any atom is 0.166 e. The number of nitrogens with two attached hydrogens (primary N) is 1. The molecule has 0 atom stereocenters. The van der Waals surface area contributed by atoms with Gasteiger partial charge in [0.15, 0.2) is 5.78 Å². The number of pyridine rings is 1. The van der Waals surface area contributed by atoms with Crippen LogP contribution >= 0.6 is 0 Å². The van der Waals surface area contributed by atoms with Gasteiger partial charge in [0.1, 0.15) is 5.82 Å². The number of hydrogen-bond donors (Lipinski definition) is 1. The van der Waals surface area contributed by atoms with E-state index in [1.165, 1.54) is 0 Å². The third-order valence-corrected chi connectivity index (χ3v) is 1.68. The summed E-state index contributed by atoms with van der Waals surface area (Å²) in [5, 5.41) is 0. The van der Waals surface area contributed by atoms with Gasteiger partial charge in [-0.2, -0.15) is 0 Å². The predicted octanol–water partition coefficient (Wildman–Crippen LogP) is 1.56. The lowest BCUT2D eigenvalue weighted by atomic mass is 10.1. The number of rotatable bonds is 2. The molecule has 0 radical (unpaired) electrons. The van der Waals surface area contributed by atoms with Crippen molar-refractivity contribution >= 4 is 11.6 Å². The lowest BCUT2D eigenvalue weighted by Crippen LogP contribution is -2.04. The Hall–Kier alpha value is -1.38. The number of hydrogen-bond acceptors (Lipinski definition) is 3. The lowest BCUT2D eigenvalue weighted by Gasteiger charge is -2.02. The van der Waals surface area contributed by atoms with Gasteiger partial charge in [0, 0.05) is 12.6 Å². The van der Waals surface area contributed by atoms with E-state index < -0.39 is 0 Å². The van der Waals surface area contributed by atoms with Crippen molar-refractivity contribution in [3.63, 3.8) is 0 Å². The second-order valence-corrected chi connectivity index (χ2v) is 2.72. The Morgan fingerprint density at radius 1 is 1.67 bits per heavy atom. The van der Waals surface area contributed by atoms with Crippen LogP contribution in [0, 0.1) is 6.92 Å². The van der Waals surface area contributed by atoms with E-state index in [1.807, 2.05) is 13.8 Å². The smallest absolute Gasteiger partial charge is 0.166 e. The molecule has 1 rings (SSSR count). The summed E-state index contributed by atoms with van der Waals surface area (Å²) in [5.74, 6) is 0.371. The Bertz CT molecular complexity index is 307. The molecular weight excluding hydrogens is 152 g/mol. The highest BCUT2D eigenvalue weighted by Gasteiger charge is 2.07. The Balaban J connectivity index is 3.13. The number of carbonyl (C=O) groups is 1. The van der Waals surface area contributed by atoms with Gasteiger partial charge in [0.2, 0.25) is 0 Å². The Labute approximate surface area is 71.6 Å². The van der Waals surface area contributed by atoms with Crippen LogP contribution in [-0.2, 0) is 0 Å². The van der Waals surface area contributed by atoms with E-state index in [0.29, 0.717) is 17.8 Å². The molecule has 2 N–H and O–H groups in total. The van der Waals surface area contributed by atoms with Crippen LogP contribution in [0.3, 0.4) is 0 Å². The molecule has 0 spiro atoms. The number of carbonyl (C=O) groups excluding carboxylic acids is 1. The molecule has 0 fully saturated rings. The molecule has 0 unspecified atom stereocenters. The van der Waals surface area contributed by atoms with Gasteiger partial charge in [-0.3, -0.25) is 4.79 Å². The van der Waals surface area contributed by atoms with Gasteiger partial charge < -0.3 is 5.73 Å². The quantitative estimate of drug-likeness (QED) is 0.675. The fourth-order valence-corrected chi connectivity index (χ4v) is 0.994. The molecule has 0 saturated heterocycles. The van der Waals surface area contributed by atoms with Crippen molar-refractivity contribution < 1.29 is 4.79 Å². The highest BCUT2D eigenvalue weighted by molar-refractivity contribution is 5.99. The molecule has 1 aromatic rings. The molecule has 3 heteroatoms. The van der Waals surface area contributed by atoms with E-state index in [-0.39, 0.29) is 5.78 Å². The normalized spacial score (nSPS) is 9.83. The molecule has 0 saturated carbocycles. The largest absolute Gasteiger partial charge is 0.383 e. The minimum Gasteiger partial charge on any atom is -0.383 e. The Kier molecular flexibility index (Phi) is 2.43. The first-order chi connectivity index (χ1) is 5.65. The van der Waals surface area contributed by atoms with Crippen molar-refractivity contribution in [2.75, 3.05) is 5.73 Å². The van der Waals surface area contributed by atoms with Crippen molar-refractivity contribution in [1.29, 1.82) is 0 Å². The fourth-order valence-electron chi connectivity index (χ4n) is 0.994. The number of Topliss-reactive ketones (excluding diaryl/α,β-unsaturated/α-hetero) is 1. The van der Waals surface area contributed by atoms with Gasteiger partial charge in [-0.1, -0.05) is 6.92 Å². The SMILES string of the molecule is CCC(=O)c1cc(C)cnc1N. The maximum atomic E-state index is 11.3. The number of anilines is 1. The Morgan fingerprint density at radius 2 is 2.33 bits per heavy atom. The highest BCUT2D eigenvalue weighted by Crippen LogP contribution is 2.12. The Morgan fingerprint density at radius 3 is 2.92 bits per heavy atom. The molecule has 0 aliphatic heterocycles. The summed E-state index contributed by atoms with van der Waals surface area (Å²) in [6.07, 6.45) is 2.12. The number of ketones is 1. The molecule has 12 heavy (non-hydrogen) atoms. The minimum absolute atomic E-state index is 0.0451. The molecule has 0 amide bonds. The standard InChI is InChI=1S/C9H12N2O/c1-3-8(12)7-4-6(2)5-11-9(7)10/h4-5H,3H2,1-2H3,(H2,10,11). The van der Waals surface area contributed by atoms with Crippen molar-refractivity contribution in [2.45, 2.75) is 20.3 Å². The molecule has 3 nitrogen and oxygen atoms in total. The fraction of sp³-hybridized carbons (Fsp3) is 0.333. The molecular formula is C9H12N2O. The molecule has 0 aliphatic rings. The first-order valence-electron chi connectivity index (χ1n) is 3.90. The third-order valence-electron chi connectivity index (χ3n) is 1.68. The van der Waals surface area contributed by atoms with E-state index in [4.69, 9.17) is 5.73 Å². The van der Waals surface area contributed by atoms with Crippen LogP contribution in [0.1, 0.15) is 29.3 Å². The zero-order valence-electron chi connectivity index (χ0n) is 7.29. The van der Waals surface area contributed by atoms with Crippen LogP contribution < -0.4 is 5.73 Å². The molecule has 64 valence electrons. The first-order valence-corrected chi connectivity index (χ1v) is 3.90. The van der Waals surface area contributed by atoms with Crippen LogP contribution in [0.25, 0.3) is 0 Å². The van der Waals surface area contributed by atoms with E-state index in [9.17, 15) is 4.79 Å². The van der Waals surface area contributed by atoms with Gasteiger partial charge in [0.25, 0.3) is 0 Å². The summed E-state index contributed by atoms with van der Waals surface area (Å²) in [5.41, 5.74) is 7.03. The van der Waals surface area contributed by atoms with E-state index >= 15 is 0 Å². The van der Waals surface area contributed by atoms with Gasteiger partial charge in [-0.05, 0) is 18.6 Å². The molecule has 0 bridgehead atoms. The van der Waals surface area contributed by atoms with Gasteiger partial charge in [-0.25, -0.2) is 4.98 Å². The van der Waals surface area contributed by atoms with Crippen molar-refractivity contribution in [3.8, 4) is 0 Å². The van der Waals surface area contributed by atoms with Crippen molar-refractivity contribution in [2.24, 2.45) is 0 Å². The summed E-state index contributed by atoms with van der Waals surface area (Å²) < 4.78 is 0. The number of aromatic nitrogens is 1. The number of nitrogen functional groups attached to an aromatic ring is 1. The minimum atomic E-state index is 0.0451. The molecule has 1 heterocycles. The zero-order valence-corrected chi connectivity index (χ0v) is 7.29. The summed E-state index contributed by atoms with van der Waals surface area (Å²) in [6.45, 7) is 3.70. The maximum absolute atomic E-state index is 11.3. The summed E-state index contributed by atoms with van der Waals surface area (Å²) in [6, 6.07) is 1.77. The average Bonchev–Trinajstić information content (AvgIpc) is 2.08. The van der Waals surface area contributed by atoms with E-state index in [2.05, 4.69) is 4.98 Å². The number of nitrogens with zero attached hydrogens (tertiary/aromatic N) is 1. The second kappa shape index (κ2) is 3.34. The van der Waals surface area contributed by atoms with Crippen LogP contribution in [-0.4, -0.2) is 10.8 Å². The molecule has 0 aromatic carbocycles. The topological polar surface area (TPSA) is 56.0 Å². The second-order valence-electron chi connectivity index (χ2n) is 2.72. The predicted molar refractivity (Wildman–Crippen MR) is 48.0 cm³/mol. The van der Waals surface area contributed by atoms with Crippen molar-refractivity contribution in [1.82, 2.24) is 4.98 Å².